The van der Waals surface area contributed by atoms with Crippen LogP contribution in [0.1, 0.15) is 183 Å². The Morgan fingerprint density at radius 1 is 0.653 bits per heavy atom. The molecular formula is C41H90N2O5S. The van der Waals surface area contributed by atoms with Crippen molar-refractivity contribution in [2.45, 2.75) is 183 Å². The van der Waals surface area contributed by atoms with Gasteiger partial charge in [0, 0.05) is 25.9 Å². The van der Waals surface area contributed by atoms with Crippen LogP contribution in [-0.4, -0.2) is 68.4 Å². The van der Waals surface area contributed by atoms with Crippen molar-refractivity contribution in [1.82, 2.24) is 5.32 Å². The molecule has 0 radical (unpaired) electrons. The molecule has 0 atom stereocenters. The molecule has 0 saturated heterocycles. The molecular weight excluding hydrogens is 633 g/mol. The van der Waals surface area contributed by atoms with Crippen LogP contribution in [0.25, 0.3) is 0 Å². The van der Waals surface area contributed by atoms with E-state index >= 15 is 0 Å². The van der Waals surface area contributed by atoms with Gasteiger partial charge in [0.25, 0.3) is 0 Å². The van der Waals surface area contributed by atoms with Crippen LogP contribution in [0.3, 0.4) is 0 Å². The predicted molar refractivity (Wildman–Crippen MR) is 223 cm³/mol. The largest absolute Gasteiger partial charge is 0.461 e. The molecule has 300 valence electrons. The van der Waals surface area contributed by atoms with E-state index in [1.54, 1.807) is 7.11 Å². The molecule has 49 heavy (non-hydrogen) atoms. The van der Waals surface area contributed by atoms with Crippen LogP contribution in [0.4, 0.5) is 0 Å². The Hall–Kier alpha value is -0.900. The SMILES string of the molecule is C.C.CCCCCC/C=C\CO.CCCCCC/C=C\COC(=O)CCCCCCCNCCCCCCCCOC.CCCSO.CN. The van der Waals surface area contributed by atoms with Gasteiger partial charge in [-0.15, -0.1) is 0 Å². The molecule has 7 nitrogen and oxygen atoms in total. The average Bonchev–Trinajstić information content (AvgIpc) is 3.09. The molecule has 0 spiro atoms. The van der Waals surface area contributed by atoms with E-state index in [2.05, 4.69) is 37.0 Å². The second-order valence-electron chi connectivity index (χ2n) is 11.7. The van der Waals surface area contributed by atoms with E-state index in [9.17, 15) is 4.79 Å². The Bertz CT molecular complexity index is 578. The number of ether oxygens (including phenoxy) is 2. The summed E-state index contributed by atoms with van der Waals surface area (Å²) in [5.41, 5.74) is 4.50. The van der Waals surface area contributed by atoms with Crippen molar-refractivity contribution in [3.63, 3.8) is 0 Å². The number of hydrogen-bond donors (Lipinski definition) is 4. The second-order valence-corrected chi connectivity index (χ2v) is 12.4. The monoisotopic (exact) mass is 723 g/mol. The minimum atomic E-state index is -0.0500. The van der Waals surface area contributed by atoms with E-state index in [0.717, 1.165) is 69.6 Å². The van der Waals surface area contributed by atoms with E-state index in [1.165, 1.54) is 116 Å². The maximum atomic E-state index is 11.7. The summed E-state index contributed by atoms with van der Waals surface area (Å²) in [7, 11) is 3.28. The molecule has 0 aromatic rings. The summed E-state index contributed by atoms with van der Waals surface area (Å²) >= 11 is 0.902. The molecule has 0 aliphatic heterocycles. The number of aliphatic hydroxyl groups excluding tert-OH is 1. The zero-order valence-electron chi connectivity index (χ0n) is 31.9. The molecule has 0 aliphatic carbocycles. The molecule has 0 heterocycles. The molecule has 0 saturated carbocycles. The maximum Gasteiger partial charge on any atom is 0.306 e. The summed E-state index contributed by atoms with van der Waals surface area (Å²) in [6.07, 6.45) is 35.8. The number of methoxy groups -OCH3 is 1. The van der Waals surface area contributed by atoms with Gasteiger partial charge in [-0.05, 0) is 90.0 Å². The lowest BCUT2D eigenvalue weighted by Gasteiger charge is -2.05. The van der Waals surface area contributed by atoms with Crippen LogP contribution in [0.15, 0.2) is 24.3 Å². The number of aliphatic hydroxyl groups is 1. The van der Waals surface area contributed by atoms with E-state index in [0.29, 0.717) is 13.0 Å². The van der Waals surface area contributed by atoms with Gasteiger partial charge in [-0.2, -0.15) is 0 Å². The first kappa shape index (κ1) is 60.2. The minimum absolute atomic E-state index is 0. The van der Waals surface area contributed by atoms with E-state index in [1.807, 2.05) is 19.1 Å². The summed E-state index contributed by atoms with van der Waals surface area (Å²) in [6.45, 7) is 10.3. The molecule has 0 aromatic carbocycles. The van der Waals surface area contributed by atoms with Crippen molar-refractivity contribution >= 4 is 18.0 Å². The zero-order chi connectivity index (χ0) is 35.7. The Kier molecular flexibility index (Phi) is 80.4. The van der Waals surface area contributed by atoms with Gasteiger partial charge in [-0.1, -0.05) is 143 Å². The lowest BCUT2D eigenvalue weighted by molar-refractivity contribution is -0.142. The quantitative estimate of drug-likeness (QED) is 0.0235. The lowest BCUT2D eigenvalue weighted by atomic mass is 10.1. The van der Waals surface area contributed by atoms with Gasteiger partial charge in [0.1, 0.15) is 6.61 Å². The Morgan fingerprint density at radius 3 is 1.57 bits per heavy atom. The summed E-state index contributed by atoms with van der Waals surface area (Å²) in [5, 5.41) is 11.9. The molecule has 0 aromatic heterocycles. The van der Waals surface area contributed by atoms with Crippen molar-refractivity contribution < 1.29 is 23.9 Å². The topological polar surface area (TPSA) is 114 Å². The van der Waals surface area contributed by atoms with Crippen molar-refractivity contribution in [3.8, 4) is 0 Å². The predicted octanol–water partition coefficient (Wildman–Crippen LogP) is 11.9. The third kappa shape index (κ3) is 73.5. The van der Waals surface area contributed by atoms with Gasteiger partial charge < -0.3 is 30.2 Å². The van der Waals surface area contributed by atoms with Crippen LogP contribution in [0, 0.1) is 0 Å². The fourth-order valence-corrected chi connectivity index (χ4v) is 4.62. The first-order chi connectivity index (χ1) is 23.1. The van der Waals surface area contributed by atoms with Gasteiger partial charge in [0.05, 0.1) is 6.61 Å². The van der Waals surface area contributed by atoms with Gasteiger partial charge in [0.15, 0.2) is 0 Å². The maximum absolute atomic E-state index is 11.7. The number of carbonyl (C=O) groups is 1. The van der Waals surface area contributed by atoms with Gasteiger partial charge in [-0.25, -0.2) is 0 Å². The zero-order valence-corrected chi connectivity index (χ0v) is 32.7. The van der Waals surface area contributed by atoms with Crippen molar-refractivity contribution in [2.75, 3.05) is 52.8 Å². The molecule has 0 fully saturated rings. The normalized spacial score (nSPS) is 10.2. The third-order valence-electron chi connectivity index (χ3n) is 7.21. The van der Waals surface area contributed by atoms with Crippen LogP contribution in [-0.2, 0) is 14.3 Å². The summed E-state index contributed by atoms with van der Waals surface area (Å²) in [4.78, 5) is 11.7. The number of unbranched alkanes of at least 4 members (excludes halogenated alkanes) is 17. The molecule has 0 amide bonds. The van der Waals surface area contributed by atoms with Crippen LogP contribution in [0.2, 0.25) is 0 Å². The fraction of sp³-hybridized carbons (Fsp3) is 0.878. The Morgan fingerprint density at radius 2 is 1.12 bits per heavy atom. The molecule has 0 bridgehead atoms. The number of hydrogen-bond acceptors (Lipinski definition) is 8. The molecule has 8 heteroatoms. The number of esters is 1. The van der Waals surface area contributed by atoms with Crippen LogP contribution < -0.4 is 11.1 Å². The third-order valence-corrected chi connectivity index (χ3v) is 7.80. The van der Waals surface area contributed by atoms with Gasteiger partial charge >= 0.3 is 5.97 Å². The van der Waals surface area contributed by atoms with Gasteiger partial charge in [0.2, 0.25) is 0 Å². The molecule has 5 N–H and O–H groups in total. The summed E-state index contributed by atoms with van der Waals surface area (Å²) in [5.74, 6) is 0.811. The number of nitrogens with one attached hydrogen (secondary N) is 1. The minimum Gasteiger partial charge on any atom is -0.461 e. The summed E-state index contributed by atoms with van der Waals surface area (Å²) < 4.78 is 18.3. The molecule has 0 aliphatic rings. The lowest BCUT2D eigenvalue weighted by Crippen LogP contribution is -2.16. The number of carbonyl (C=O) groups excluding carboxylic acids is 1. The van der Waals surface area contributed by atoms with Crippen LogP contribution >= 0.6 is 12.0 Å². The average molecular weight is 723 g/mol. The number of allylic oxidation sites excluding steroid dienone is 2. The van der Waals surface area contributed by atoms with E-state index in [-0.39, 0.29) is 27.4 Å². The van der Waals surface area contributed by atoms with E-state index < -0.39 is 0 Å². The highest BCUT2D eigenvalue weighted by Crippen LogP contribution is 2.08. The van der Waals surface area contributed by atoms with Crippen molar-refractivity contribution in [3.05, 3.63) is 24.3 Å². The first-order valence-electron chi connectivity index (χ1n) is 19.2. The highest BCUT2D eigenvalue weighted by molar-refractivity contribution is 7.93. The standard InChI is InChI=1S/C26H51NO3.C9H18O.C3H8OS.CH5N.2CH4/c1-3-4-5-6-8-15-20-25-30-26(28)21-16-11-10-13-18-23-27-22-17-12-7-9-14-19-24-29-2;1-2-3-4-5-6-7-8-9-10;1-2-3-5-4;1-2;;/h15,20,27H,3-14,16-19,21-25H2,1-2H3;7-8,10H,2-6,9H2,1H3;4H,2-3H2,1H3;2H2,1H3;2*1H4/b20-15-;8-7-;;;;. The highest BCUT2D eigenvalue weighted by atomic mass is 32.2. The van der Waals surface area contributed by atoms with E-state index in [4.69, 9.17) is 19.1 Å². The number of nitrogens with two attached hydrogens (primary N) is 1. The van der Waals surface area contributed by atoms with Crippen LogP contribution in [0.5, 0.6) is 0 Å². The Balaban J connectivity index is -0.000000201. The second kappa shape index (κ2) is 65.5. The highest BCUT2D eigenvalue weighted by Gasteiger charge is 2.01. The first-order valence-corrected chi connectivity index (χ1v) is 20.2. The fourth-order valence-electron chi connectivity index (χ4n) is 4.44. The molecule has 0 unspecified atom stereocenters. The number of rotatable bonds is 32. The summed E-state index contributed by atoms with van der Waals surface area (Å²) in [6, 6.07) is 0. The smallest absolute Gasteiger partial charge is 0.306 e. The Labute approximate surface area is 312 Å². The molecule has 0 rings (SSSR count). The van der Waals surface area contributed by atoms with Crippen molar-refractivity contribution in [1.29, 1.82) is 0 Å². The van der Waals surface area contributed by atoms with Crippen molar-refractivity contribution in [2.24, 2.45) is 5.73 Å². The van der Waals surface area contributed by atoms with Gasteiger partial charge in [-0.3, -0.25) is 4.79 Å².